The van der Waals surface area contributed by atoms with Gasteiger partial charge in [0.05, 0.1) is 9.83 Å². The second-order valence-electron chi connectivity index (χ2n) is 3.73. The summed E-state index contributed by atoms with van der Waals surface area (Å²) in [6.07, 6.45) is 2.79. The number of benzene rings is 2. The molecular weight excluding hydrogens is 248 g/mol. The van der Waals surface area contributed by atoms with Gasteiger partial charge >= 0.3 is 0 Å². The molecule has 92 valence electrons. The molecule has 0 atom stereocenters. The van der Waals surface area contributed by atoms with Gasteiger partial charge in [0.15, 0.2) is 0 Å². The summed E-state index contributed by atoms with van der Waals surface area (Å²) >= 11 is 1.31. The molecule has 2 N–H and O–H groups in total. The fourth-order valence-corrected chi connectivity index (χ4v) is 2.43. The van der Waals surface area contributed by atoms with Gasteiger partial charge in [-0.1, -0.05) is 36.4 Å². The van der Waals surface area contributed by atoms with Crippen LogP contribution in [-0.4, -0.2) is 11.2 Å². The van der Waals surface area contributed by atoms with Crippen molar-refractivity contribution in [2.75, 3.05) is 12.0 Å². The number of nitrogens with two attached hydrogens (primary N) is 1. The highest BCUT2D eigenvalue weighted by molar-refractivity contribution is 8.07. The molecule has 0 radical (unpaired) electrons. The first-order valence-corrected chi connectivity index (χ1v) is 6.53. The van der Waals surface area contributed by atoms with Gasteiger partial charge in [-0.05, 0) is 11.6 Å². The Morgan fingerprint density at radius 2 is 2.06 bits per heavy atom. The number of thioether (sulfide) groups is 1. The van der Waals surface area contributed by atoms with Crippen molar-refractivity contribution in [3.63, 3.8) is 0 Å². The number of nitrogen functional groups attached to an aromatic ring is 1. The molecule has 0 bridgehead atoms. The average Bonchev–Trinajstić information content (AvgIpc) is 2.37. The van der Waals surface area contributed by atoms with E-state index in [1.807, 2.05) is 36.4 Å². The Morgan fingerprint density at radius 1 is 1.33 bits per heavy atom. The lowest BCUT2D eigenvalue weighted by molar-refractivity contribution is -0.401. The minimum absolute atomic E-state index is 0.458. The van der Waals surface area contributed by atoms with E-state index in [1.54, 1.807) is 6.26 Å². The Bertz CT molecular complexity index is 638. The van der Waals surface area contributed by atoms with Crippen LogP contribution in [0.2, 0.25) is 0 Å². The first-order valence-electron chi connectivity index (χ1n) is 5.30. The van der Waals surface area contributed by atoms with Crippen LogP contribution in [0.1, 0.15) is 5.56 Å². The number of nitrogens with zero attached hydrogens (tertiary/aromatic N) is 1. The van der Waals surface area contributed by atoms with Crippen LogP contribution in [-0.2, 0) is 0 Å². The number of anilines is 1. The molecule has 18 heavy (non-hydrogen) atoms. The van der Waals surface area contributed by atoms with Crippen LogP contribution in [0, 0.1) is 10.1 Å². The van der Waals surface area contributed by atoms with Gasteiger partial charge in [0.25, 0.3) is 0 Å². The van der Waals surface area contributed by atoms with Crippen molar-refractivity contribution in [3.8, 4) is 0 Å². The molecule has 0 fully saturated rings. The van der Waals surface area contributed by atoms with Gasteiger partial charge in [-0.15, -0.1) is 11.8 Å². The van der Waals surface area contributed by atoms with Crippen LogP contribution in [0.4, 0.5) is 5.69 Å². The van der Waals surface area contributed by atoms with E-state index in [0.717, 1.165) is 17.0 Å². The van der Waals surface area contributed by atoms with Gasteiger partial charge < -0.3 is 5.73 Å². The monoisotopic (exact) mass is 260 g/mol. The molecule has 2 aromatic rings. The maximum atomic E-state index is 10.6. The van der Waals surface area contributed by atoms with E-state index >= 15 is 0 Å². The topological polar surface area (TPSA) is 69.2 Å². The molecule has 0 aliphatic carbocycles. The predicted octanol–water partition coefficient (Wildman–Crippen LogP) is 3.36. The lowest BCUT2D eigenvalue weighted by atomic mass is 10.0. The standard InChI is InChI=1S/C13H12N2O2S/c1-18-12(8-15(16)17)11-7-6-9-4-2-3-5-10(9)13(11)14/h2-8H,14H2,1H3/b12-8-. The van der Waals surface area contributed by atoms with Crippen LogP contribution in [0.3, 0.4) is 0 Å². The summed E-state index contributed by atoms with van der Waals surface area (Å²) in [5.74, 6) is 0. The van der Waals surface area contributed by atoms with Crippen molar-refractivity contribution in [1.29, 1.82) is 0 Å². The van der Waals surface area contributed by atoms with E-state index in [9.17, 15) is 10.1 Å². The molecule has 0 aliphatic heterocycles. The van der Waals surface area contributed by atoms with Crippen molar-refractivity contribution in [3.05, 3.63) is 58.3 Å². The number of fused-ring (bicyclic) bond motifs is 1. The van der Waals surface area contributed by atoms with Crippen molar-refractivity contribution >= 4 is 33.1 Å². The van der Waals surface area contributed by atoms with Crippen LogP contribution in [0.25, 0.3) is 15.7 Å². The summed E-state index contributed by atoms with van der Waals surface area (Å²) in [7, 11) is 0. The van der Waals surface area contributed by atoms with E-state index in [0.29, 0.717) is 16.2 Å². The van der Waals surface area contributed by atoms with E-state index in [4.69, 9.17) is 5.73 Å². The number of hydrogen-bond acceptors (Lipinski definition) is 4. The third-order valence-corrected chi connectivity index (χ3v) is 3.44. The summed E-state index contributed by atoms with van der Waals surface area (Å²) in [6.45, 7) is 0. The number of nitro groups is 1. The second kappa shape index (κ2) is 5.10. The Labute approximate surface area is 109 Å². The van der Waals surface area contributed by atoms with Gasteiger partial charge in [-0.25, -0.2) is 0 Å². The van der Waals surface area contributed by atoms with Crippen LogP contribution >= 0.6 is 11.8 Å². The van der Waals surface area contributed by atoms with Gasteiger partial charge in [-0.3, -0.25) is 10.1 Å². The highest BCUT2D eigenvalue weighted by atomic mass is 32.2. The third kappa shape index (κ3) is 2.31. The molecule has 2 rings (SSSR count). The van der Waals surface area contributed by atoms with Crippen molar-refractivity contribution in [1.82, 2.24) is 0 Å². The second-order valence-corrected chi connectivity index (χ2v) is 4.58. The Morgan fingerprint density at radius 3 is 2.72 bits per heavy atom. The zero-order chi connectivity index (χ0) is 13.1. The van der Waals surface area contributed by atoms with E-state index in [1.165, 1.54) is 11.8 Å². The normalized spacial score (nSPS) is 11.7. The largest absolute Gasteiger partial charge is 0.398 e. The lowest BCUT2D eigenvalue weighted by Gasteiger charge is -2.09. The van der Waals surface area contributed by atoms with Gasteiger partial charge in [-0.2, -0.15) is 0 Å². The highest BCUT2D eigenvalue weighted by Gasteiger charge is 2.11. The quantitative estimate of drug-likeness (QED) is 0.522. The molecule has 5 heteroatoms. The maximum absolute atomic E-state index is 10.6. The molecule has 0 aromatic heterocycles. The zero-order valence-electron chi connectivity index (χ0n) is 9.79. The average molecular weight is 260 g/mol. The molecule has 0 spiro atoms. The summed E-state index contributed by atoms with van der Waals surface area (Å²) in [6, 6.07) is 11.5. The van der Waals surface area contributed by atoms with Gasteiger partial charge in [0.2, 0.25) is 6.20 Å². The molecule has 0 unspecified atom stereocenters. The van der Waals surface area contributed by atoms with Crippen molar-refractivity contribution in [2.45, 2.75) is 0 Å². The first-order chi connectivity index (χ1) is 8.63. The predicted molar refractivity (Wildman–Crippen MR) is 76.8 cm³/mol. The van der Waals surface area contributed by atoms with Crippen LogP contribution < -0.4 is 5.73 Å². The summed E-state index contributed by atoms with van der Waals surface area (Å²) in [5, 5.41) is 12.5. The molecule has 2 aromatic carbocycles. The minimum atomic E-state index is -0.458. The van der Waals surface area contributed by atoms with Crippen LogP contribution in [0.5, 0.6) is 0 Å². The molecule has 0 aliphatic rings. The maximum Gasteiger partial charge on any atom is 0.248 e. The Kier molecular flexibility index (Phi) is 3.53. The fourth-order valence-electron chi connectivity index (χ4n) is 1.84. The van der Waals surface area contributed by atoms with Crippen molar-refractivity contribution in [2.24, 2.45) is 0 Å². The van der Waals surface area contributed by atoms with E-state index in [2.05, 4.69) is 0 Å². The zero-order valence-corrected chi connectivity index (χ0v) is 10.6. The molecule has 4 nitrogen and oxygen atoms in total. The number of rotatable bonds is 3. The Hall–Kier alpha value is -2.01. The van der Waals surface area contributed by atoms with Crippen LogP contribution in [0.15, 0.2) is 42.6 Å². The third-order valence-electron chi connectivity index (χ3n) is 2.68. The smallest absolute Gasteiger partial charge is 0.248 e. The van der Waals surface area contributed by atoms with Gasteiger partial charge in [0, 0.05) is 16.6 Å². The van der Waals surface area contributed by atoms with Crippen molar-refractivity contribution < 1.29 is 4.92 Å². The molecule has 0 saturated heterocycles. The Balaban J connectivity index is 2.65. The summed E-state index contributed by atoms with van der Waals surface area (Å²) in [5.41, 5.74) is 7.38. The first kappa shape index (κ1) is 12.4. The summed E-state index contributed by atoms with van der Waals surface area (Å²) in [4.78, 5) is 10.7. The lowest BCUT2D eigenvalue weighted by Crippen LogP contribution is -1.95. The van der Waals surface area contributed by atoms with E-state index in [-0.39, 0.29) is 0 Å². The summed E-state index contributed by atoms with van der Waals surface area (Å²) < 4.78 is 0. The highest BCUT2D eigenvalue weighted by Crippen LogP contribution is 2.34. The van der Waals surface area contributed by atoms with E-state index < -0.39 is 4.92 Å². The molecular formula is C13H12N2O2S. The SMILES string of the molecule is CS/C(=C\[N+](=O)[O-])c1ccc2ccccc2c1N. The minimum Gasteiger partial charge on any atom is -0.398 e. The fraction of sp³-hybridized carbons (Fsp3) is 0.0769. The number of hydrogen-bond donors (Lipinski definition) is 1. The molecule has 0 saturated carbocycles. The molecule has 0 amide bonds. The molecule has 0 heterocycles. The van der Waals surface area contributed by atoms with Gasteiger partial charge in [0.1, 0.15) is 0 Å².